The molecule has 0 bridgehead atoms. The fourth-order valence-corrected chi connectivity index (χ4v) is 5.29. The topological polar surface area (TPSA) is 90.9 Å². The van der Waals surface area contributed by atoms with Gasteiger partial charge >= 0.3 is 0 Å². The minimum atomic E-state index is -4.46. The molecule has 3 aromatic carbocycles. The Morgan fingerprint density at radius 3 is 2.43 bits per heavy atom. The molecule has 3 aromatic rings. The highest BCUT2D eigenvalue weighted by atomic mass is 127. The first kappa shape index (κ1) is 29.1. The van der Waals surface area contributed by atoms with Crippen LogP contribution in [0.3, 0.4) is 0 Å². The number of phenols is 1. The quantitative estimate of drug-likeness (QED) is 0.159. The predicted octanol–water partition coefficient (Wildman–Crippen LogP) is 5.86. The molecule has 0 saturated carbocycles. The monoisotopic (exact) mass is 657 g/mol. The Balaban J connectivity index is 1.66. The van der Waals surface area contributed by atoms with Crippen LogP contribution in [0.25, 0.3) is 0 Å². The molecule has 3 rings (SSSR count). The molecular weight excluding hydrogens is 628 g/mol. The van der Waals surface area contributed by atoms with Gasteiger partial charge in [0.2, 0.25) is 0 Å². The third kappa shape index (κ3) is 7.53. The van der Waals surface area contributed by atoms with Crippen LogP contribution in [-0.4, -0.2) is 30.3 Å². The minimum Gasteiger partial charge on any atom is -0.504 e. The van der Waals surface area contributed by atoms with Crippen molar-refractivity contribution in [3.05, 3.63) is 80.9 Å². The Hall–Kier alpha value is -2.48. The number of nitrogens with one attached hydrogen (secondary N) is 2. The zero-order valence-corrected chi connectivity index (χ0v) is 24.7. The molecule has 198 valence electrons. The van der Waals surface area contributed by atoms with Gasteiger partial charge in [0.05, 0.1) is 18.6 Å². The molecule has 0 aliphatic carbocycles. The molecule has 37 heavy (non-hydrogen) atoms. The van der Waals surface area contributed by atoms with Gasteiger partial charge in [0.15, 0.2) is 16.6 Å². The molecule has 0 aromatic heterocycles. The number of nitrogens with zero attached hydrogens (tertiary/aromatic N) is 1. The molecule has 0 aliphatic rings. The first-order chi connectivity index (χ1) is 17.3. The van der Waals surface area contributed by atoms with Gasteiger partial charge in [0, 0.05) is 15.8 Å². The van der Waals surface area contributed by atoms with Crippen molar-refractivity contribution in [1.29, 1.82) is 0 Å². The van der Waals surface area contributed by atoms with E-state index in [9.17, 15) is 18.0 Å². The zero-order chi connectivity index (χ0) is 27.4. The number of anilines is 1. The summed E-state index contributed by atoms with van der Waals surface area (Å²) in [7, 11) is -3.10. The van der Waals surface area contributed by atoms with Crippen molar-refractivity contribution in [2.24, 2.45) is 0 Å². The molecule has 0 saturated heterocycles. The first-order valence-electron chi connectivity index (χ1n) is 11.3. The number of methoxy groups -OCH3 is 1. The number of benzene rings is 3. The summed E-state index contributed by atoms with van der Waals surface area (Å²) in [6.45, 7) is 6.40. The van der Waals surface area contributed by atoms with E-state index in [1.807, 2.05) is 34.7 Å². The van der Waals surface area contributed by atoms with Crippen LogP contribution >= 0.6 is 34.8 Å². The first-order valence-corrected chi connectivity index (χ1v) is 14.2. The van der Waals surface area contributed by atoms with Crippen LogP contribution in [0.2, 0.25) is 0 Å². The summed E-state index contributed by atoms with van der Waals surface area (Å²) < 4.78 is 46.1. The molecule has 0 unspecified atom stereocenters. The summed E-state index contributed by atoms with van der Waals surface area (Å²) in [5, 5.41) is 16.2. The Bertz CT molecular complexity index is 1380. The summed E-state index contributed by atoms with van der Waals surface area (Å²) in [5.74, 6) is 0.00719. The Morgan fingerprint density at radius 2 is 1.81 bits per heavy atom. The van der Waals surface area contributed by atoms with E-state index in [0.717, 1.165) is 5.56 Å². The van der Waals surface area contributed by atoms with Gasteiger partial charge in [0.1, 0.15) is 0 Å². The maximum atomic E-state index is 15.0. The Kier molecular flexibility index (Phi) is 9.37. The average Bonchev–Trinajstić information content (AvgIpc) is 2.84. The third-order valence-electron chi connectivity index (χ3n) is 5.57. The van der Waals surface area contributed by atoms with Crippen molar-refractivity contribution < 1.29 is 22.7 Å². The lowest BCUT2D eigenvalue weighted by Gasteiger charge is -2.19. The fourth-order valence-electron chi connectivity index (χ4n) is 3.42. The van der Waals surface area contributed by atoms with Gasteiger partial charge in [-0.25, -0.2) is 8.42 Å². The van der Waals surface area contributed by atoms with Crippen molar-refractivity contribution in [2.75, 3.05) is 12.4 Å². The average molecular weight is 658 g/mol. The van der Waals surface area contributed by atoms with Crippen molar-refractivity contribution in [3.63, 3.8) is 0 Å². The SMILES string of the molecule is COc1cc(CN(F)S(=O)(=O)c2cccc(NC(=S)NCc3ccc(C(C)(C)C)cc3)c2)c(I)cc1O. The number of hydrogen-bond acceptors (Lipinski definition) is 5. The maximum absolute atomic E-state index is 15.0. The van der Waals surface area contributed by atoms with Gasteiger partial charge in [-0.3, -0.25) is 0 Å². The van der Waals surface area contributed by atoms with Gasteiger partial charge in [-0.05, 0) is 91.8 Å². The zero-order valence-electron chi connectivity index (χ0n) is 20.9. The van der Waals surface area contributed by atoms with E-state index in [1.165, 1.54) is 43.0 Å². The van der Waals surface area contributed by atoms with Crippen molar-refractivity contribution in [1.82, 2.24) is 9.84 Å². The number of sulfonamides is 1. The fraction of sp³-hybridized carbons (Fsp3) is 0.269. The van der Waals surface area contributed by atoms with Gasteiger partial charge in [-0.15, -0.1) is 4.48 Å². The summed E-state index contributed by atoms with van der Waals surface area (Å²) in [4.78, 5) is -0.235. The number of hydrogen-bond donors (Lipinski definition) is 3. The number of phenolic OH excluding ortho intramolecular Hbond substituents is 1. The van der Waals surface area contributed by atoms with E-state index in [1.54, 1.807) is 6.07 Å². The van der Waals surface area contributed by atoms with Gasteiger partial charge in [0.25, 0.3) is 10.0 Å². The Morgan fingerprint density at radius 1 is 1.14 bits per heavy atom. The van der Waals surface area contributed by atoms with Crippen LogP contribution in [-0.2, 0) is 28.5 Å². The second kappa shape index (κ2) is 11.9. The van der Waals surface area contributed by atoms with E-state index in [0.29, 0.717) is 26.5 Å². The molecular formula is C26H29FIN3O4S2. The second-order valence-corrected chi connectivity index (χ2v) is 12.7. The molecule has 0 amide bonds. The molecule has 0 fully saturated rings. The predicted molar refractivity (Wildman–Crippen MR) is 156 cm³/mol. The summed E-state index contributed by atoms with van der Waals surface area (Å²) in [6, 6.07) is 16.8. The highest BCUT2D eigenvalue weighted by molar-refractivity contribution is 14.1. The number of ether oxygens (including phenoxy) is 1. The van der Waals surface area contributed by atoms with Crippen LogP contribution < -0.4 is 15.4 Å². The van der Waals surface area contributed by atoms with E-state index in [4.69, 9.17) is 17.0 Å². The highest BCUT2D eigenvalue weighted by Crippen LogP contribution is 2.32. The molecule has 11 heteroatoms. The van der Waals surface area contributed by atoms with Crippen LogP contribution in [0.5, 0.6) is 11.5 Å². The molecule has 0 spiro atoms. The van der Waals surface area contributed by atoms with E-state index < -0.39 is 16.6 Å². The number of aromatic hydroxyl groups is 1. The molecule has 0 aliphatic heterocycles. The molecule has 3 N–H and O–H groups in total. The molecule has 0 radical (unpaired) electrons. The van der Waals surface area contributed by atoms with E-state index >= 15 is 0 Å². The lowest BCUT2D eigenvalue weighted by Crippen LogP contribution is -2.28. The second-order valence-electron chi connectivity index (χ2n) is 9.35. The summed E-state index contributed by atoms with van der Waals surface area (Å²) in [6.07, 6.45) is 0. The van der Waals surface area contributed by atoms with Gasteiger partial charge < -0.3 is 20.5 Å². The summed E-state index contributed by atoms with van der Waals surface area (Å²) >= 11 is 7.25. The normalized spacial score (nSPS) is 11.9. The van der Waals surface area contributed by atoms with Crippen LogP contribution in [0, 0.1) is 3.57 Å². The lowest BCUT2D eigenvalue weighted by atomic mass is 9.87. The van der Waals surface area contributed by atoms with Crippen molar-refractivity contribution in [3.8, 4) is 11.5 Å². The van der Waals surface area contributed by atoms with Gasteiger partial charge in [-0.1, -0.05) is 51.1 Å². The standard InChI is InChI=1S/C26H29FIN3O4S2/c1-26(2,3)19-10-8-17(9-11-19)15-29-25(36)30-20-6-5-7-21(13-20)37(33,34)31(27)16-18-12-24(35-4)23(32)14-22(18)28/h5-14,32H,15-16H2,1-4H3,(H2,29,30,36). The number of thiocarbonyl (C=S) groups is 1. The van der Waals surface area contributed by atoms with E-state index in [2.05, 4.69) is 43.5 Å². The lowest BCUT2D eigenvalue weighted by molar-refractivity contribution is 0.130. The summed E-state index contributed by atoms with van der Waals surface area (Å²) in [5.41, 5.74) is 3.09. The third-order valence-corrected chi connectivity index (χ3v) is 8.32. The molecule has 7 nitrogen and oxygen atoms in total. The van der Waals surface area contributed by atoms with Crippen molar-refractivity contribution in [2.45, 2.75) is 44.2 Å². The number of halogens is 2. The van der Waals surface area contributed by atoms with Crippen molar-refractivity contribution >= 4 is 55.6 Å². The van der Waals surface area contributed by atoms with Crippen LogP contribution in [0.1, 0.15) is 37.5 Å². The molecule has 0 heterocycles. The maximum Gasteiger partial charge on any atom is 0.269 e. The van der Waals surface area contributed by atoms with E-state index in [-0.39, 0.29) is 26.3 Å². The largest absolute Gasteiger partial charge is 0.504 e. The smallest absolute Gasteiger partial charge is 0.269 e. The minimum absolute atomic E-state index is 0.0682. The van der Waals surface area contributed by atoms with Gasteiger partial charge in [-0.2, -0.15) is 0 Å². The van der Waals surface area contributed by atoms with Crippen LogP contribution in [0.15, 0.2) is 65.6 Å². The highest BCUT2D eigenvalue weighted by Gasteiger charge is 2.26. The molecule has 0 atom stereocenters. The number of rotatable bonds is 8. The Labute approximate surface area is 236 Å². The van der Waals surface area contributed by atoms with Crippen LogP contribution in [0.4, 0.5) is 10.2 Å².